The fourth-order valence-electron chi connectivity index (χ4n) is 2.98. The molecule has 0 unspecified atom stereocenters. The van der Waals surface area contributed by atoms with E-state index < -0.39 is 0 Å². The molecule has 3 N–H and O–H groups in total. The number of carbonyl (C=O) groups excluding carboxylic acids is 2. The molecule has 0 spiro atoms. The highest BCUT2D eigenvalue weighted by Gasteiger charge is 2.11. The lowest BCUT2D eigenvalue weighted by atomic mass is 10.2. The molecule has 2 aromatic rings. The third-order valence-corrected chi connectivity index (χ3v) is 4.71. The van der Waals surface area contributed by atoms with Crippen molar-refractivity contribution < 1.29 is 24.2 Å². The zero-order chi connectivity index (χ0) is 22.5. The molecule has 0 aromatic heterocycles. The molecule has 0 aliphatic heterocycles. The van der Waals surface area contributed by atoms with Gasteiger partial charge in [0, 0.05) is 24.2 Å². The van der Waals surface area contributed by atoms with Crippen LogP contribution in [-0.4, -0.2) is 43.7 Å². The summed E-state index contributed by atoms with van der Waals surface area (Å²) in [5, 5.41) is 15.0. The number of aromatic hydroxyl groups is 1. The van der Waals surface area contributed by atoms with Crippen LogP contribution in [0.25, 0.3) is 0 Å². The molecule has 31 heavy (non-hydrogen) atoms. The zero-order valence-corrected chi connectivity index (χ0v) is 18.3. The third-order valence-electron chi connectivity index (χ3n) is 4.71. The summed E-state index contributed by atoms with van der Waals surface area (Å²) in [5.74, 6) is 0.722. The molecule has 168 valence electrons. The predicted molar refractivity (Wildman–Crippen MR) is 120 cm³/mol. The van der Waals surface area contributed by atoms with Crippen LogP contribution in [0.2, 0.25) is 0 Å². The van der Waals surface area contributed by atoms with E-state index in [1.165, 1.54) is 25.0 Å². The van der Waals surface area contributed by atoms with Gasteiger partial charge in [0.05, 0.1) is 13.7 Å². The number of rotatable bonds is 13. The number of ether oxygens (including phenoxy) is 2. The molecule has 2 amide bonds. The first-order chi connectivity index (χ1) is 15.0. The normalized spacial score (nSPS) is 10.4. The lowest BCUT2D eigenvalue weighted by Gasteiger charge is -2.12. The number of phenolic OH excluding ortho intramolecular Hbond substituents is 1. The average molecular weight is 429 g/mol. The minimum Gasteiger partial charge on any atom is -0.508 e. The van der Waals surface area contributed by atoms with Gasteiger partial charge in [0.25, 0.3) is 11.8 Å². The van der Waals surface area contributed by atoms with Crippen LogP contribution < -0.4 is 20.1 Å². The van der Waals surface area contributed by atoms with Crippen LogP contribution in [0, 0.1) is 0 Å². The van der Waals surface area contributed by atoms with E-state index in [1.807, 2.05) is 0 Å². The minimum absolute atomic E-state index is 0.0447. The second kappa shape index (κ2) is 13.2. The lowest BCUT2D eigenvalue weighted by Crippen LogP contribution is -2.29. The van der Waals surface area contributed by atoms with Gasteiger partial charge in [0.2, 0.25) is 0 Å². The Hall–Kier alpha value is -3.22. The van der Waals surface area contributed by atoms with Crippen molar-refractivity contribution in [2.24, 2.45) is 0 Å². The van der Waals surface area contributed by atoms with E-state index in [0.717, 1.165) is 12.8 Å². The first kappa shape index (κ1) is 24.1. The van der Waals surface area contributed by atoms with E-state index in [4.69, 9.17) is 9.47 Å². The third kappa shape index (κ3) is 8.20. The number of phenols is 1. The Balaban J connectivity index is 1.74. The van der Waals surface area contributed by atoms with Crippen LogP contribution in [0.4, 0.5) is 0 Å². The predicted octanol–water partition coefficient (Wildman–Crippen LogP) is 3.91. The van der Waals surface area contributed by atoms with E-state index in [-0.39, 0.29) is 17.6 Å². The maximum atomic E-state index is 12.4. The van der Waals surface area contributed by atoms with Gasteiger partial charge in [-0.15, -0.1) is 0 Å². The summed E-state index contributed by atoms with van der Waals surface area (Å²) in [7, 11) is 1.55. The molecule has 7 nitrogen and oxygen atoms in total. The molecule has 0 bridgehead atoms. The van der Waals surface area contributed by atoms with Crippen molar-refractivity contribution in [3.05, 3.63) is 53.6 Å². The number of benzene rings is 2. The van der Waals surface area contributed by atoms with Gasteiger partial charge < -0.3 is 25.2 Å². The summed E-state index contributed by atoms with van der Waals surface area (Å²) in [5.41, 5.74) is 0.878. The van der Waals surface area contributed by atoms with Crippen molar-refractivity contribution in [1.82, 2.24) is 10.6 Å². The maximum absolute atomic E-state index is 12.4. The van der Waals surface area contributed by atoms with Gasteiger partial charge in [-0.25, -0.2) is 0 Å². The summed E-state index contributed by atoms with van der Waals surface area (Å²) in [6, 6.07) is 11.3. The molecule has 0 saturated carbocycles. The van der Waals surface area contributed by atoms with Gasteiger partial charge in [-0.2, -0.15) is 0 Å². The molecule has 0 fully saturated rings. The van der Waals surface area contributed by atoms with Crippen molar-refractivity contribution >= 4 is 11.8 Å². The summed E-state index contributed by atoms with van der Waals surface area (Å²) < 4.78 is 11.1. The van der Waals surface area contributed by atoms with Gasteiger partial charge in [0.1, 0.15) is 5.75 Å². The summed E-state index contributed by atoms with van der Waals surface area (Å²) in [6.45, 7) is 3.61. The molecule has 0 radical (unpaired) electrons. The van der Waals surface area contributed by atoms with E-state index in [2.05, 4.69) is 17.6 Å². The average Bonchev–Trinajstić information content (AvgIpc) is 2.78. The minimum atomic E-state index is -0.266. The fraction of sp³-hybridized carbons (Fsp3) is 0.417. The summed E-state index contributed by atoms with van der Waals surface area (Å²) >= 11 is 0. The van der Waals surface area contributed by atoms with Crippen molar-refractivity contribution in [2.75, 3.05) is 26.8 Å². The molecule has 0 aliphatic rings. The number of nitrogens with one attached hydrogen (secondary N) is 2. The topological polar surface area (TPSA) is 96.9 Å². The van der Waals surface area contributed by atoms with Crippen molar-refractivity contribution in [3.8, 4) is 17.2 Å². The van der Waals surface area contributed by atoms with Gasteiger partial charge in [-0.3, -0.25) is 9.59 Å². The Morgan fingerprint density at radius 3 is 2.23 bits per heavy atom. The Kier molecular flexibility index (Phi) is 10.2. The van der Waals surface area contributed by atoms with E-state index in [9.17, 15) is 14.7 Å². The van der Waals surface area contributed by atoms with Crippen LogP contribution >= 0.6 is 0 Å². The zero-order valence-electron chi connectivity index (χ0n) is 18.3. The number of amides is 2. The summed E-state index contributed by atoms with van der Waals surface area (Å²) in [4.78, 5) is 24.4. The number of carbonyl (C=O) groups is 2. The Morgan fingerprint density at radius 2 is 1.58 bits per heavy atom. The van der Waals surface area contributed by atoms with Crippen molar-refractivity contribution in [3.63, 3.8) is 0 Å². The molecule has 2 aromatic carbocycles. The second-order valence-electron chi connectivity index (χ2n) is 7.19. The Morgan fingerprint density at radius 1 is 0.871 bits per heavy atom. The highest BCUT2D eigenvalue weighted by atomic mass is 16.5. The number of unbranched alkanes of at least 4 members (excludes halogenated alkanes) is 3. The van der Waals surface area contributed by atoms with Crippen molar-refractivity contribution in [2.45, 2.75) is 39.0 Å². The summed E-state index contributed by atoms with van der Waals surface area (Å²) in [6.07, 6.45) is 5.07. The highest BCUT2D eigenvalue weighted by Crippen LogP contribution is 2.28. The van der Waals surface area contributed by atoms with E-state index in [1.54, 1.807) is 37.4 Å². The maximum Gasteiger partial charge on any atom is 0.251 e. The molecular formula is C24H32N2O5. The van der Waals surface area contributed by atoms with Crippen LogP contribution in [0.1, 0.15) is 59.7 Å². The van der Waals surface area contributed by atoms with Gasteiger partial charge in [0.15, 0.2) is 11.5 Å². The monoisotopic (exact) mass is 428 g/mol. The van der Waals surface area contributed by atoms with E-state index in [0.29, 0.717) is 48.7 Å². The van der Waals surface area contributed by atoms with Crippen LogP contribution in [0.15, 0.2) is 42.5 Å². The fourth-order valence-corrected chi connectivity index (χ4v) is 2.98. The Labute approximate surface area is 183 Å². The molecule has 0 atom stereocenters. The standard InChI is InChI=1S/C24H32N2O5/c1-3-4-5-6-15-31-21-12-11-19(17-22(21)30-2)24(29)26-14-8-13-25-23(28)18-9-7-10-20(27)16-18/h7,9-12,16-17,27H,3-6,8,13-15H2,1-2H3,(H,25,28)(H,26,29). The van der Waals surface area contributed by atoms with Crippen LogP contribution in [0.5, 0.6) is 17.2 Å². The van der Waals surface area contributed by atoms with Gasteiger partial charge in [-0.1, -0.05) is 32.3 Å². The molecule has 0 saturated heterocycles. The second-order valence-corrected chi connectivity index (χ2v) is 7.19. The SMILES string of the molecule is CCCCCCOc1ccc(C(=O)NCCCNC(=O)c2cccc(O)c2)cc1OC. The van der Waals surface area contributed by atoms with E-state index >= 15 is 0 Å². The van der Waals surface area contributed by atoms with Crippen LogP contribution in [0.3, 0.4) is 0 Å². The first-order valence-corrected chi connectivity index (χ1v) is 10.7. The highest BCUT2D eigenvalue weighted by molar-refractivity contribution is 5.95. The number of hydrogen-bond donors (Lipinski definition) is 3. The molecule has 0 aliphatic carbocycles. The van der Waals surface area contributed by atoms with Gasteiger partial charge in [-0.05, 0) is 49.2 Å². The Bertz CT molecular complexity index is 854. The van der Waals surface area contributed by atoms with Crippen LogP contribution in [-0.2, 0) is 0 Å². The largest absolute Gasteiger partial charge is 0.508 e. The molecule has 2 rings (SSSR count). The van der Waals surface area contributed by atoms with Gasteiger partial charge >= 0.3 is 0 Å². The smallest absolute Gasteiger partial charge is 0.251 e. The number of methoxy groups -OCH3 is 1. The first-order valence-electron chi connectivity index (χ1n) is 10.7. The lowest BCUT2D eigenvalue weighted by molar-refractivity contribution is 0.0951. The number of hydrogen-bond acceptors (Lipinski definition) is 5. The quantitative estimate of drug-likeness (QED) is 0.420. The molecule has 0 heterocycles. The van der Waals surface area contributed by atoms with Crippen molar-refractivity contribution in [1.29, 1.82) is 0 Å². The molecule has 7 heteroatoms. The molecular weight excluding hydrogens is 396 g/mol.